The zero-order valence-electron chi connectivity index (χ0n) is 8.90. The van der Waals surface area contributed by atoms with Crippen LogP contribution in [0.1, 0.15) is 26.7 Å². The molecule has 1 rings (SSSR count). The van der Waals surface area contributed by atoms with Crippen LogP contribution in [0.4, 0.5) is 0 Å². The van der Waals surface area contributed by atoms with E-state index in [4.69, 9.17) is 5.11 Å². The van der Waals surface area contributed by atoms with Crippen LogP contribution < -0.4 is 0 Å². The molecule has 0 unspecified atom stereocenters. The highest BCUT2D eigenvalue weighted by atomic mass is 16.4. The van der Waals surface area contributed by atoms with Crippen molar-refractivity contribution in [2.45, 2.75) is 32.7 Å². The number of hydrogen-bond acceptors (Lipinski definition) is 3. The van der Waals surface area contributed by atoms with Crippen molar-refractivity contribution in [3.05, 3.63) is 0 Å². The molecule has 0 aromatic rings. The minimum absolute atomic E-state index is 0.0554. The first-order valence-corrected chi connectivity index (χ1v) is 5.01. The summed E-state index contributed by atoms with van der Waals surface area (Å²) in [5.74, 6) is -1.74. The average Bonchev–Trinajstić information content (AvgIpc) is 2.45. The van der Waals surface area contributed by atoms with Gasteiger partial charge in [-0.1, -0.05) is 20.3 Å². The SMILES string of the molecule is CC[C@H](C)[C@@H](C(=O)O)N1CC(=O)CC1=O. The van der Waals surface area contributed by atoms with Crippen LogP contribution in [-0.2, 0) is 14.4 Å². The number of Topliss-reactive ketones (excluding diaryl/α,β-unsaturated/α-hetero) is 1. The number of nitrogens with zero attached hydrogens (tertiary/aromatic N) is 1. The Bertz CT molecular complexity index is 300. The Labute approximate surface area is 88.1 Å². The van der Waals surface area contributed by atoms with E-state index in [9.17, 15) is 14.4 Å². The molecule has 15 heavy (non-hydrogen) atoms. The van der Waals surface area contributed by atoms with Crippen molar-refractivity contribution >= 4 is 17.7 Å². The van der Waals surface area contributed by atoms with E-state index in [2.05, 4.69) is 0 Å². The van der Waals surface area contributed by atoms with Crippen LogP contribution in [0.5, 0.6) is 0 Å². The summed E-state index contributed by atoms with van der Waals surface area (Å²) < 4.78 is 0. The van der Waals surface area contributed by atoms with Crippen LogP contribution in [0.15, 0.2) is 0 Å². The number of amides is 1. The number of hydrogen-bond donors (Lipinski definition) is 1. The first-order chi connectivity index (χ1) is 6.97. The summed E-state index contributed by atoms with van der Waals surface area (Å²) in [6.45, 7) is 3.58. The maximum absolute atomic E-state index is 11.4. The Morgan fingerprint density at radius 1 is 1.53 bits per heavy atom. The van der Waals surface area contributed by atoms with Gasteiger partial charge >= 0.3 is 5.97 Å². The molecule has 84 valence electrons. The Balaban J connectivity index is 2.85. The van der Waals surface area contributed by atoms with Crippen molar-refractivity contribution in [2.24, 2.45) is 5.92 Å². The largest absolute Gasteiger partial charge is 0.480 e. The van der Waals surface area contributed by atoms with Crippen LogP contribution in [0.2, 0.25) is 0 Å². The van der Waals surface area contributed by atoms with Gasteiger partial charge in [0.05, 0.1) is 13.0 Å². The van der Waals surface area contributed by atoms with Crippen molar-refractivity contribution in [1.82, 2.24) is 4.90 Å². The molecule has 1 fully saturated rings. The number of ketones is 1. The van der Waals surface area contributed by atoms with Gasteiger partial charge in [0, 0.05) is 0 Å². The first-order valence-electron chi connectivity index (χ1n) is 5.01. The third-order valence-corrected chi connectivity index (χ3v) is 2.79. The molecular weight excluding hydrogens is 198 g/mol. The van der Waals surface area contributed by atoms with Gasteiger partial charge in [0.15, 0.2) is 5.78 Å². The van der Waals surface area contributed by atoms with Crippen molar-refractivity contribution < 1.29 is 19.5 Å². The van der Waals surface area contributed by atoms with Gasteiger partial charge < -0.3 is 10.0 Å². The third kappa shape index (κ3) is 2.34. The summed E-state index contributed by atoms with van der Waals surface area (Å²) in [7, 11) is 0. The van der Waals surface area contributed by atoms with E-state index in [1.54, 1.807) is 6.92 Å². The lowest BCUT2D eigenvalue weighted by Gasteiger charge is -2.27. The quantitative estimate of drug-likeness (QED) is 0.681. The molecule has 0 aliphatic carbocycles. The van der Waals surface area contributed by atoms with Gasteiger partial charge in [0.1, 0.15) is 6.04 Å². The van der Waals surface area contributed by atoms with Crippen LogP contribution in [0, 0.1) is 5.92 Å². The third-order valence-electron chi connectivity index (χ3n) is 2.79. The lowest BCUT2D eigenvalue weighted by atomic mass is 9.98. The maximum atomic E-state index is 11.4. The molecule has 0 saturated carbocycles. The minimum Gasteiger partial charge on any atom is -0.480 e. The minimum atomic E-state index is -1.03. The number of likely N-dealkylation sites (tertiary alicyclic amines) is 1. The molecular formula is C10H15NO4. The molecule has 5 heteroatoms. The fourth-order valence-corrected chi connectivity index (χ4v) is 1.76. The predicted molar refractivity (Wildman–Crippen MR) is 52.2 cm³/mol. The number of carbonyl (C=O) groups is 3. The van der Waals surface area contributed by atoms with E-state index >= 15 is 0 Å². The molecule has 0 aromatic carbocycles. The number of carboxylic acid groups (broad SMARTS) is 1. The predicted octanol–water partition coefficient (Wildman–Crippen LogP) is 0.287. The summed E-state index contributed by atoms with van der Waals surface area (Å²) in [6.07, 6.45) is 0.509. The number of rotatable bonds is 4. The molecule has 0 radical (unpaired) electrons. The van der Waals surface area contributed by atoms with E-state index in [1.807, 2.05) is 6.92 Å². The Hall–Kier alpha value is -1.39. The van der Waals surface area contributed by atoms with Gasteiger partial charge in [-0.15, -0.1) is 0 Å². The normalized spacial score (nSPS) is 20.5. The molecule has 2 atom stereocenters. The van der Waals surface area contributed by atoms with Gasteiger partial charge in [0.25, 0.3) is 0 Å². The van der Waals surface area contributed by atoms with Gasteiger partial charge in [-0.3, -0.25) is 9.59 Å². The Morgan fingerprint density at radius 3 is 2.47 bits per heavy atom. The summed E-state index contributed by atoms with van der Waals surface area (Å²) in [4.78, 5) is 34.7. The molecule has 1 saturated heterocycles. The fourth-order valence-electron chi connectivity index (χ4n) is 1.76. The first kappa shape index (κ1) is 11.7. The second-order valence-corrected chi connectivity index (χ2v) is 3.91. The zero-order valence-corrected chi connectivity index (χ0v) is 8.90. The molecule has 0 spiro atoms. The Morgan fingerprint density at radius 2 is 2.13 bits per heavy atom. The number of aliphatic carboxylic acids is 1. The second-order valence-electron chi connectivity index (χ2n) is 3.91. The molecule has 1 aliphatic heterocycles. The van der Waals surface area contributed by atoms with E-state index in [1.165, 1.54) is 4.90 Å². The summed E-state index contributed by atoms with van der Waals surface area (Å²) in [6, 6.07) is -0.867. The zero-order chi connectivity index (χ0) is 11.6. The lowest BCUT2D eigenvalue weighted by Crippen LogP contribution is -2.46. The van der Waals surface area contributed by atoms with Crippen molar-refractivity contribution in [3.63, 3.8) is 0 Å². The van der Waals surface area contributed by atoms with Crippen LogP contribution in [0.3, 0.4) is 0 Å². The molecule has 1 heterocycles. The molecule has 0 aromatic heterocycles. The van der Waals surface area contributed by atoms with Crippen molar-refractivity contribution in [2.75, 3.05) is 6.54 Å². The maximum Gasteiger partial charge on any atom is 0.326 e. The van der Waals surface area contributed by atoms with Gasteiger partial charge in [-0.25, -0.2) is 4.79 Å². The highest BCUT2D eigenvalue weighted by Crippen LogP contribution is 2.19. The lowest BCUT2D eigenvalue weighted by molar-refractivity contribution is -0.150. The van der Waals surface area contributed by atoms with Crippen molar-refractivity contribution in [1.29, 1.82) is 0 Å². The summed E-state index contributed by atoms with van der Waals surface area (Å²) in [5, 5.41) is 9.03. The highest BCUT2D eigenvalue weighted by molar-refractivity contribution is 6.06. The average molecular weight is 213 g/mol. The highest BCUT2D eigenvalue weighted by Gasteiger charge is 2.39. The molecule has 1 aliphatic rings. The summed E-state index contributed by atoms with van der Waals surface area (Å²) >= 11 is 0. The van der Waals surface area contributed by atoms with Crippen molar-refractivity contribution in [3.8, 4) is 0 Å². The molecule has 5 nitrogen and oxygen atoms in total. The van der Waals surface area contributed by atoms with E-state index in [-0.39, 0.29) is 30.6 Å². The summed E-state index contributed by atoms with van der Waals surface area (Å²) in [5.41, 5.74) is 0. The Kier molecular flexibility index (Phi) is 3.44. The van der Waals surface area contributed by atoms with E-state index in [0.29, 0.717) is 6.42 Å². The van der Waals surface area contributed by atoms with Gasteiger partial charge in [0.2, 0.25) is 5.91 Å². The second kappa shape index (κ2) is 4.42. The topological polar surface area (TPSA) is 74.7 Å². The monoisotopic (exact) mass is 213 g/mol. The molecule has 0 bridgehead atoms. The number of carboxylic acids is 1. The van der Waals surface area contributed by atoms with Crippen LogP contribution in [-0.4, -0.2) is 40.3 Å². The van der Waals surface area contributed by atoms with E-state index in [0.717, 1.165) is 0 Å². The van der Waals surface area contributed by atoms with E-state index < -0.39 is 12.0 Å². The van der Waals surface area contributed by atoms with Crippen LogP contribution in [0.25, 0.3) is 0 Å². The smallest absolute Gasteiger partial charge is 0.326 e. The fraction of sp³-hybridized carbons (Fsp3) is 0.700. The standard InChI is InChI=1S/C10H15NO4/c1-3-6(2)9(10(14)15)11-5-7(12)4-8(11)13/h6,9H,3-5H2,1-2H3,(H,14,15)/t6-,9-/m0/s1. The van der Waals surface area contributed by atoms with Gasteiger partial charge in [-0.2, -0.15) is 0 Å². The molecule has 1 N–H and O–H groups in total. The van der Waals surface area contributed by atoms with Gasteiger partial charge in [-0.05, 0) is 5.92 Å². The number of carbonyl (C=O) groups excluding carboxylic acids is 2. The molecule has 1 amide bonds. The van der Waals surface area contributed by atoms with Crippen LogP contribution >= 0.6 is 0 Å².